The van der Waals surface area contributed by atoms with E-state index in [4.69, 9.17) is 23.7 Å². The Bertz CT molecular complexity index is 3800. The zero-order valence-electron chi connectivity index (χ0n) is 50.2. The van der Waals surface area contributed by atoms with E-state index in [2.05, 4.69) is 12.1 Å². The molecule has 6 aromatic rings. The summed E-state index contributed by atoms with van der Waals surface area (Å²) in [4.78, 5) is 26.5. The van der Waals surface area contributed by atoms with Gasteiger partial charge in [0.25, 0.3) is 0 Å². The van der Waals surface area contributed by atoms with Crippen molar-refractivity contribution in [3.8, 4) is 33.8 Å². The summed E-state index contributed by atoms with van der Waals surface area (Å²) >= 11 is 0. The number of aliphatic carboxylic acids is 1. The molecule has 1 N–H and O–H groups in total. The van der Waals surface area contributed by atoms with Crippen LogP contribution in [-0.2, 0) is 96.1 Å². The maximum Gasteiger partial charge on any atom is 0.339 e. The Balaban J connectivity index is 0.000000177. The molecule has 18 heteroatoms. The first-order valence-corrected chi connectivity index (χ1v) is 32.4. The second kappa shape index (κ2) is 23.5. The standard InChI is InChI=1S/C34H40N2O6S.C33H38N2O6S/c1-22-27-21-35(20-23-11-7-6-8-12-23)43(38,39)36-17-9-14-26(31(27)36)30(32(33(37)40-5)42-34(2,3)4)29(22)25-15-16-28-24(19-25)13-10-18-41-28;1-21-26-20-34(19-22-10-6-5-7-11-22)42(38,39)35-16-8-13-25(30(26)35)29(31(32(36)37)41-33(2,3)4)28(21)24-14-15-27-23(18-24)12-9-17-40-27/h6-8,11-12,15-16,19,32H,9-10,13-14,17-18,20-21H2,1-5H3;5-7,10-11,14-15,18,31H,8-9,12-13,16-17,19-20H2,1-4H3,(H,36,37). The molecule has 0 aliphatic carbocycles. The van der Waals surface area contributed by atoms with Crippen LogP contribution in [-0.4, -0.2) is 87.1 Å². The van der Waals surface area contributed by atoms with Gasteiger partial charge in [0.15, 0.2) is 12.2 Å². The molecule has 0 saturated carbocycles. The summed E-state index contributed by atoms with van der Waals surface area (Å²) < 4.78 is 92.4. The van der Waals surface area contributed by atoms with Crippen LogP contribution >= 0.6 is 0 Å². The fourth-order valence-electron chi connectivity index (χ4n) is 13.2. The Morgan fingerprint density at radius 3 is 1.38 bits per heavy atom. The van der Waals surface area contributed by atoms with Gasteiger partial charge >= 0.3 is 32.4 Å². The lowest BCUT2D eigenvalue weighted by molar-refractivity contribution is -0.164. The first-order chi connectivity index (χ1) is 40.4. The molecule has 0 fully saturated rings. The van der Waals surface area contributed by atoms with Crippen LogP contribution in [0.15, 0.2) is 97.1 Å². The Labute approximate surface area is 501 Å². The van der Waals surface area contributed by atoms with Gasteiger partial charge in [0.1, 0.15) is 11.5 Å². The molecule has 0 radical (unpaired) electrons. The molecule has 6 aliphatic heterocycles. The number of hydrogen-bond donors (Lipinski definition) is 1. The van der Waals surface area contributed by atoms with Crippen LogP contribution < -0.4 is 18.1 Å². The van der Waals surface area contributed by atoms with Crippen molar-refractivity contribution in [2.24, 2.45) is 0 Å². The van der Waals surface area contributed by atoms with Gasteiger partial charge in [0.05, 0.1) is 42.9 Å². The number of carboxylic acid groups (broad SMARTS) is 1. The number of rotatable bonds is 12. The van der Waals surface area contributed by atoms with Gasteiger partial charge in [-0.15, -0.1) is 0 Å². The summed E-state index contributed by atoms with van der Waals surface area (Å²) in [5, 5.41) is 10.6. The predicted octanol–water partition coefficient (Wildman–Crippen LogP) is 12.0. The highest BCUT2D eigenvalue weighted by Gasteiger charge is 2.47. The minimum atomic E-state index is -3.84. The van der Waals surface area contributed by atoms with E-state index in [9.17, 15) is 31.5 Å². The molecule has 16 nitrogen and oxygen atoms in total. The van der Waals surface area contributed by atoms with Crippen molar-refractivity contribution in [3.63, 3.8) is 0 Å². The van der Waals surface area contributed by atoms with Crippen molar-refractivity contribution < 1.29 is 55.2 Å². The maximum atomic E-state index is 14.1. The van der Waals surface area contributed by atoms with Gasteiger partial charge in [-0.25, -0.2) is 9.59 Å². The third-order valence-corrected chi connectivity index (χ3v) is 20.5. The Kier molecular flexibility index (Phi) is 16.5. The zero-order chi connectivity index (χ0) is 60.3. The summed E-state index contributed by atoms with van der Waals surface area (Å²) in [5.74, 6) is 0.143. The van der Waals surface area contributed by atoms with Gasteiger partial charge in [-0.2, -0.15) is 25.4 Å². The topological polar surface area (TPSA) is 182 Å². The number of esters is 1. The van der Waals surface area contributed by atoms with Gasteiger partial charge in [0, 0.05) is 50.4 Å². The molecule has 6 aliphatic rings. The van der Waals surface area contributed by atoms with E-state index >= 15 is 0 Å². The largest absolute Gasteiger partial charge is 0.493 e. The number of anilines is 2. The zero-order valence-corrected chi connectivity index (χ0v) is 51.9. The normalized spacial score (nSPS) is 18.4. The second-order valence-electron chi connectivity index (χ2n) is 24.9. The third kappa shape index (κ3) is 11.7. The van der Waals surface area contributed by atoms with Crippen LogP contribution in [0.3, 0.4) is 0 Å². The molecular weight excluding hydrogens is 1120 g/mol. The summed E-state index contributed by atoms with van der Waals surface area (Å²) in [7, 11) is -6.29. The fraction of sp³-hybridized carbons (Fsp3) is 0.433. The average molecular weight is 1200 g/mol. The van der Waals surface area contributed by atoms with Crippen molar-refractivity contribution in [2.75, 3.05) is 42.0 Å². The molecule has 450 valence electrons. The van der Waals surface area contributed by atoms with Crippen LogP contribution in [0.25, 0.3) is 22.3 Å². The molecule has 6 aromatic carbocycles. The number of fused-ring (bicyclic) bond motifs is 2. The fourth-order valence-corrected chi connectivity index (χ4v) is 16.6. The lowest BCUT2D eigenvalue weighted by Gasteiger charge is -2.44. The molecule has 6 heterocycles. The third-order valence-electron chi connectivity index (χ3n) is 16.8. The number of carbonyl (C=O) groups excluding carboxylic acids is 1. The van der Waals surface area contributed by atoms with Crippen LogP contribution in [0.4, 0.5) is 11.4 Å². The summed E-state index contributed by atoms with van der Waals surface area (Å²) in [6.45, 7) is 18.4. The minimum absolute atomic E-state index is 0.209. The average Bonchev–Trinajstić information content (AvgIpc) is 0.995. The molecule has 0 bridgehead atoms. The molecule has 0 amide bonds. The lowest BCUT2D eigenvalue weighted by atomic mass is 9.80. The number of hydrogen-bond acceptors (Lipinski definition) is 11. The molecule has 0 spiro atoms. The SMILES string of the molecule is COC(=O)C(OC(C)(C)C)c1c2c3c(c(C)c1-c1ccc4c(c1)CCCO4)CN(Cc1ccccc1)S(=O)(=O)N3CCC2.Cc1c2c3c(c(C(OC(C)(C)C)C(=O)O)c1-c1ccc4c(c1)CCCO4)CCCN3S(=O)(=O)N(Cc1ccccc1)C2. The van der Waals surface area contributed by atoms with Gasteiger partial charge in [0.2, 0.25) is 0 Å². The van der Waals surface area contributed by atoms with Gasteiger partial charge in [-0.05, 0) is 209 Å². The highest BCUT2D eigenvalue weighted by molar-refractivity contribution is 7.90. The number of carboxylic acids is 1. The van der Waals surface area contributed by atoms with Crippen LogP contribution in [0.5, 0.6) is 11.5 Å². The summed E-state index contributed by atoms with van der Waals surface area (Å²) in [5.41, 5.74) is 14.1. The van der Waals surface area contributed by atoms with E-state index in [0.717, 1.165) is 115 Å². The molecular formula is C67H78N4O12S2. The molecule has 2 atom stereocenters. The Morgan fingerprint density at radius 2 is 0.976 bits per heavy atom. The minimum Gasteiger partial charge on any atom is -0.493 e. The number of carbonyl (C=O) groups is 2. The number of benzene rings is 6. The van der Waals surface area contributed by atoms with Crippen molar-refractivity contribution in [1.29, 1.82) is 0 Å². The van der Waals surface area contributed by atoms with Gasteiger partial charge in [-0.3, -0.25) is 8.61 Å². The van der Waals surface area contributed by atoms with Gasteiger partial charge < -0.3 is 28.8 Å². The maximum absolute atomic E-state index is 14.1. The van der Waals surface area contributed by atoms with E-state index < -0.39 is 55.8 Å². The monoisotopic (exact) mass is 1190 g/mol. The highest BCUT2D eigenvalue weighted by Crippen LogP contribution is 2.53. The van der Waals surface area contributed by atoms with E-state index in [1.165, 1.54) is 15.7 Å². The van der Waals surface area contributed by atoms with Crippen molar-refractivity contribution in [1.82, 2.24) is 8.61 Å². The molecule has 12 rings (SSSR count). The smallest absolute Gasteiger partial charge is 0.339 e. The highest BCUT2D eigenvalue weighted by atomic mass is 32.2. The molecule has 85 heavy (non-hydrogen) atoms. The number of ether oxygens (including phenoxy) is 5. The molecule has 0 aromatic heterocycles. The first kappa shape index (κ1) is 59.9. The van der Waals surface area contributed by atoms with E-state index in [1.807, 2.05) is 140 Å². The van der Waals surface area contributed by atoms with Gasteiger partial charge in [-0.1, -0.05) is 72.8 Å². The lowest BCUT2D eigenvalue weighted by Crippen LogP contribution is -2.50. The quantitative estimate of drug-likeness (QED) is 0.115. The van der Waals surface area contributed by atoms with Crippen molar-refractivity contribution in [3.05, 3.63) is 164 Å². The summed E-state index contributed by atoms with van der Waals surface area (Å²) in [6.07, 6.45) is 3.76. The molecule has 0 saturated heterocycles. The van der Waals surface area contributed by atoms with E-state index in [-0.39, 0.29) is 26.2 Å². The van der Waals surface area contributed by atoms with Crippen LogP contribution in [0.2, 0.25) is 0 Å². The second-order valence-corrected chi connectivity index (χ2v) is 28.6. The number of methoxy groups -OCH3 is 1. The van der Waals surface area contributed by atoms with Crippen molar-refractivity contribution in [2.45, 2.75) is 156 Å². The van der Waals surface area contributed by atoms with E-state index in [0.29, 0.717) is 74.5 Å². The molecule has 2 unspecified atom stereocenters. The predicted molar refractivity (Wildman–Crippen MR) is 328 cm³/mol. The summed E-state index contributed by atoms with van der Waals surface area (Å²) in [6, 6.07) is 31.6. The van der Waals surface area contributed by atoms with Crippen LogP contribution in [0.1, 0.15) is 146 Å². The van der Waals surface area contributed by atoms with Crippen molar-refractivity contribution >= 4 is 43.7 Å². The van der Waals surface area contributed by atoms with E-state index in [1.54, 1.807) is 8.61 Å². The first-order valence-electron chi connectivity index (χ1n) is 29.6. The Morgan fingerprint density at radius 1 is 0.565 bits per heavy atom. The number of nitrogens with zero attached hydrogens (tertiary/aromatic N) is 4. The Hall–Kier alpha value is -6.80. The number of aryl methyl sites for hydroxylation is 2. The van der Waals surface area contributed by atoms with Crippen LogP contribution in [0, 0.1) is 13.8 Å².